The first-order valence-corrected chi connectivity index (χ1v) is 5.90. The number of carbonyl (C=O) groups is 1. The summed E-state index contributed by atoms with van der Waals surface area (Å²) in [7, 11) is 1.35. The van der Waals surface area contributed by atoms with Crippen molar-refractivity contribution in [3.8, 4) is 0 Å². The van der Waals surface area contributed by atoms with Gasteiger partial charge in [-0.3, -0.25) is 4.79 Å². The summed E-state index contributed by atoms with van der Waals surface area (Å²) < 4.78 is 6.43. The van der Waals surface area contributed by atoms with Crippen LogP contribution in [0, 0.1) is 0 Å². The smallest absolute Gasteiger partial charge is 0.307 e. The Kier molecular flexibility index (Phi) is 7.22. The molecular formula is C10H12Br2ClNO2. The van der Waals surface area contributed by atoms with E-state index in [9.17, 15) is 4.79 Å². The number of halogens is 3. The zero-order valence-corrected chi connectivity index (χ0v) is 12.6. The molecule has 1 aromatic rings. The Morgan fingerprint density at radius 1 is 1.44 bits per heavy atom. The third kappa shape index (κ3) is 4.41. The molecule has 1 rings (SSSR count). The van der Waals surface area contributed by atoms with Gasteiger partial charge in [-0.15, -0.1) is 12.4 Å². The summed E-state index contributed by atoms with van der Waals surface area (Å²) in [6, 6.07) is 5.32. The lowest BCUT2D eigenvalue weighted by molar-refractivity contribution is -0.141. The summed E-state index contributed by atoms with van der Waals surface area (Å²) in [5, 5.41) is 0. The maximum atomic E-state index is 11.0. The summed E-state index contributed by atoms with van der Waals surface area (Å²) in [5.74, 6) is -0.304. The van der Waals surface area contributed by atoms with E-state index in [4.69, 9.17) is 5.73 Å². The van der Waals surface area contributed by atoms with Crippen LogP contribution in [-0.2, 0) is 9.53 Å². The second-order valence-corrected chi connectivity index (χ2v) is 4.77. The second kappa shape index (κ2) is 7.27. The number of methoxy groups -OCH3 is 1. The minimum Gasteiger partial charge on any atom is -0.469 e. The maximum absolute atomic E-state index is 11.0. The van der Waals surface area contributed by atoms with E-state index in [0.29, 0.717) is 0 Å². The van der Waals surface area contributed by atoms with E-state index in [0.717, 1.165) is 14.5 Å². The van der Waals surface area contributed by atoms with Gasteiger partial charge in [0.25, 0.3) is 0 Å². The van der Waals surface area contributed by atoms with E-state index in [1.807, 2.05) is 18.2 Å². The standard InChI is InChI=1S/C10H11Br2NO2.ClH/c1-15-10(14)5-9(13)6-2-3-7(11)8(12)4-6;/h2-4,9H,5,13H2,1H3;1H/t9-;/m1./s1. The minimum absolute atomic E-state index is 0. The average Bonchev–Trinajstić information content (AvgIpc) is 2.21. The highest BCUT2D eigenvalue weighted by molar-refractivity contribution is 9.13. The van der Waals surface area contributed by atoms with Crippen LogP contribution in [0.15, 0.2) is 27.1 Å². The van der Waals surface area contributed by atoms with Crippen molar-refractivity contribution in [1.29, 1.82) is 0 Å². The molecule has 0 spiro atoms. The van der Waals surface area contributed by atoms with E-state index in [2.05, 4.69) is 36.6 Å². The van der Waals surface area contributed by atoms with Crippen LogP contribution in [0.4, 0.5) is 0 Å². The second-order valence-electron chi connectivity index (χ2n) is 3.06. The van der Waals surface area contributed by atoms with Gasteiger partial charge in [-0.05, 0) is 49.6 Å². The first-order valence-electron chi connectivity index (χ1n) is 4.32. The normalized spacial score (nSPS) is 11.5. The van der Waals surface area contributed by atoms with Gasteiger partial charge in [-0.25, -0.2) is 0 Å². The number of nitrogens with two attached hydrogens (primary N) is 1. The van der Waals surface area contributed by atoms with Gasteiger partial charge in [0.05, 0.1) is 13.5 Å². The molecule has 0 bridgehead atoms. The van der Waals surface area contributed by atoms with Crippen molar-refractivity contribution < 1.29 is 9.53 Å². The fourth-order valence-electron chi connectivity index (χ4n) is 1.12. The van der Waals surface area contributed by atoms with Crippen molar-refractivity contribution in [2.24, 2.45) is 5.73 Å². The lowest BCUT2D eigenvalue weighted by Gasteiger charge is -2.11. The number of ether oxygens (including phenoxy) is 1. The van der Waals surface area contributed by atoms with Gasteiger partial charge in [0, 0.05) is 15.0 Å². The van der Waals surface area contributed by atoms with Gasteiger partial charge in [-0.2, -0.15) is 0 Å². The number of rotatable bonds is 3. The van der Waals surface area contributed by atoms with Crippen LogP contribution in [0.3, 0.4) is 0 Å². The molecule has 6 heteroatoms. The molecule has 0 aromatic heterocycles. The molecule has 90 valence electrons. The Hall–Kier alpha value is -0.100. The average molecular weight is 373 g/mol. The molecule has 0 aliphatic carbocycles. The Morgan fingerprint density at radius 3 is 2.56 bits per heavy atom. The zero-order valence-electron chi connectivity index (χ0n) is 8.57. The van der Waals surface area contributed by atoms with Crippen molar-refractivity contribution in [1.82, 2.24) is 0 Å². The molecule has 0 unspecified atom stereocenters. The topological polar surface area (TPSA) is 52.3 Å². The number of hydrogen-bond donors (Lipinski definition) is 1. The molecule has 16 heavy (non-hydrogen) atoms. The van der Waals surface area contributed by atoms with Crippen LogP contribution in [0.2, 0.25) is 0 Å². The van der Waals surface area contributed by atoms with Crippen LogP contribution in [0.1, 0.15) is 18.0 Å². The predicted octanol–water partition coefficient (Wildman–Crippen LogP) is 3.20. The molecule has 0 heterocycles. The number of hydrogen-bond acceptors (Lipinski definition) is 3. The van der Waals surface area contributed by atoms with Crippen LogP contribution < -0.4 is 5.73 Å². The molecule has 3 nitrogen and oxygen atoms in total. The minimum atomic E-state index is -0.332. The zero-order chi connectivity index (χ0) is 11.4. The molecular weight excluding hydrogens is 361 g/mol. The van der Waals surface area contributed by atoms with Crippen molar-refractivity contribution >= 4 is 50.2 Å². The molecule has 1 atom stereocenters. The predicted molar refractivity (Wildman–Crippen MR) is 72.7 cm³/mol. The Bertz CT molecular complexity index is 374. The van der Waals surface area contributed by atoms with Gasteiger partial charge >= 0.3 is 5.97 Å². The lowest BCUT2D eigenvalue weighted by atomic mass is 10.1. The summed E-state index contributed by atoms with van der Waals surface area (Å²) in [6.07, 6.45) is 0.185. The molecule has 2 N–H and O–H groups in total. The third-order valence-corrected chi connectivity index (χ3v) is 3.87. The first kappa shape index (κ1) is 15.9. The molecule has 0 amide bonds. The highest BCUT2D eigenvalue weighted by Crippen LogP contribution is 2.26. The van der Waals surface area contributed by atoms with Gasteiger partial charge in [0.1, 0.15) is 0 Å². The summed E-state index contributed by atoms with van der Waals surface area (Å²) in [6.45, 7) is 0. The number of carbonyl (C=O) groups excluding carboxylic acids is 1. The largest absolute Gasteiger partial charge is 0.469 e. The van der Waals surface area contributed by atoms with Crippen LogP contribution >= 0.6 is 44.3 Å². The quantitative estimate of drug-likeness (QED) is 0.828. The van der Waals surface area contributed by atoms with Gasteiger partial charge in [0.2, 0.25) is 0 Å². The van der Waals surface area contributed by atoms with E-state index < -0.39 is 0 Å². The Balaban J connectivity index is 0.00000225. The highest BCUT2D eigenvalue weighted by Gasteiger charge is 2.12. The number of esters is 1. The van der Waals surface area contributed by atoms with Crippen LogP contribution in [0.5, 0.6) is 0 Å². The molecule has 0 fully saturated rings. The van der Waals surface area contributed by atoms with E-state index in [1.54, 1.807) is 0 Å². The Morgan fingerprint density at radius 2 is 2.06 bits per heavy atom. The van der Waals surface area contributed by atoms with Crippen LogP contribution in [-0.4, -0.2) is 13.1 Å². The fourth-order valence-corrected chi connectivity index (χ4v) is 1.77. The SMILES string of the molecule is COC(=O)C[C@@H](N)c1ccc(Br)c(Br)c1.Cl. The first-order chi connectivity index (χ1) is 7.04. The molecule has 0 aliphatic heterocycles. The summed E-state index contributed by atoms with van der Waals surface area (Å²) >= 11 is 6.74. The van der Waals surface area contributed by atoms with E-state index >= 15 is 0 Å². The van der Waals surface area contributed by atoms with E-state index in [1.165, 1.54) is 7.11 Å². The summed E-state index contributed by atoms with van der Waals surface area (Å²) in [4.78, 5) is 11.0. The number of benzene rings is 1. The van der Waals surface area contributed by atoms with Crippen molar-refractivity contribution in [3.05, 3.63) is 32.7 Å². The highest BCUT2D eigenvalue weighted by atomic mass is 79.9. The molecule has 0 saturated heterocycles. The molecule has 0 aliphatic rings. The van der Waals surface area contributed by atoms with Crippen molar-refractivity contribution in [3.63, 3.8) is 0 Å². The lowest BCUT2D eigenvalue weighted by Crippen LogP contribution is -2.16. The molecule has 0 saturated carbocycles. The molecule has 1 aromatic carbocycles. The Labute approximate surface area is 117 Å². The third-order valence-electron chi connectivity index (χ3n) is 1.99. The van der Waals surface area contributed by atoms with Crippen LogP contribution in [0.25, 0.3) is 0 Å². The maximum Gasteiger partial charge on any atom is 0.307 e. The fraction of sp³-hybridized carbons (Fsp3) is 0.300. The van der Waals surface area contributed by atoms with Crippen molar-refractivity contribution in [2.45, 2.75) is 12.5 Å². The van der Waals surface area contributed by atoms with Crippen molar-refractivity contribution in [2.75, 3.05) is 7.11 Å². The van der Waals surface area contributed by atoms with Gasteiger partial charge < -0.3 is 10.5 Å². The van der Waals surface area contributed by atoms with Gasteiger partial charge in [0.15, 0.2) is 0 Å². The van der Waals surface area contributed by atoms with Gasteiger partial charge in [-0.1, -0.05) is 6.07 Å². The van der Waals surface area contributed by atoms with E-state index in [-0.39, 0.29) is 30.8 Å². The summed E-state index contributed by atoms with van der Waals surface area (Å²) in [5.41, 5.74) is 6.75. The monoisotopic (exact) mass is 371 g/mol. The molecule has 0 radical (unpaired) electrons.